The molecule has 3 rings (SSSR count). The predicted molar refractivity (Wildman–Crippen MR) is 91.1 cm³/mol. The van der Waals surface area contributed by atoms with E-state index >= 15 is 0 Å². The van der Waals surface area contributed by atoms with E-state index in [4.69, 9.17) is 0 Å². The standard InChI is InChI=1S/C17H21N3O2S/c1-14-5-3-6-15(2)17(14)19-9-11-20(12-10-19)23(21,22)16-7-4-8-18-13-16/h3-8,13H,9-12H2,1-2H3. The Kier molecular flexibility index (Phi) is 4.37. The molecule has 5 nitrogen and oxygen atoms in total. The number of nitrogens with zero attached hydrogens (tertiary/aromatic N) is 3. The van der Waals surface area contributed by atoms with Crippen LogP contribution in [0.15, 0.2) is 47.6 Å². The van der Waals surface area contributed by atoms with Crippen LogP contribution in [0.5, 0.6) is 0 Å². The van der Waals surface area contributed by atoms with Gasteiger partial charge in [-0.15, -0.1) is 0 Å². The van der Waals surface area contributed by atoms with E-state index in [-0.39, 0.29) is 4.90 Å². The molecule has 1 saturated heterocycles. The van der Waals surface area contributed by atoms with Crippen LogP contribution in [0.3, 0.4) is 0 Å². The van der Waals surface area contributed by atoms with Crippen LogP contribution in [0.1, 0.15) is 11.1 Å². The van der Waals surface area contributed by atoms with Crippen LogP contribution in [0, 0.1) is 13.8 Å². The molecule has 0 N–H and O–H groups in total. The van der Waals surface area contributed by atoms with Gasteiger partial charge < -0.3 is 4.90 Å². The van der Waals surface area contributed by atoms with Crippen molar-refractivity contribution in [3.05, 3.63) is 53.9 Å². The summed E-state index contributed by atoms with van der Waals surface area (Å²) in [7, 11) is -3.44. The van der Waals surface area contributed by atoms with Crippen LogP contribution in [0.2, 0.25) is 0 Å². The number of aryl methyl sites for hydroxylation is 2. The predicted octanol–water partition coefficient (Wildman–Crippen LogP) is 2.21. The molecule has 0 radical (unpaired) electrons. The summed E-state index contributed by atoms with van der Waals surface area (Å²) in [6, 6.07) is 9.50. The summed E-state index contributed by atoms with van der Waals surface area (Å²) < 4.78 is 26.8. The largest absolute Gasteiger partial charge is 0.368 e. The Morgan fingerprint density at radius 3 is 2.17 bits per heavy atom. The molecule has 0 aliphatic carbocycles. The molecular weight excluding hydrogens is 310 g/mol. The van der Waals surface area contributed by atoms with E-state index in [1.54, 1.807) is 22.6 Å². The Labute approximate surface area is 137 Å². The molecule has 2 heterocycles. The molecule has 1 aromatic carbocycles. The Balaban J connectivity index is 1.77. The first-order chi connectivity index (χ1) is 11.0. The number of hydrogen-bond acceptors (Lipinski definition) is 4. The van der Waals surface area contributed by atoms with Gasteiger partial charge in [0.1, 0.15) is 4.90 Å². The average molecular weight is 331 g/mol. The average Bonchev–Trinajstić information content (AvgIpc) is 2.56. The van der Waals surface area contributed by atoms with Gasteiger partial charge in [0.05, 0.1) is 0 Å². The monoisotopic (exact) mass is 331 g/mol. The molecule has 1 aliphatic rings. The zero-order valence-corrected chi connectivity index (χ0v) is 14.3. The summed E-state index contributed by atoms with van der Waals surface area (Å²) in [6.45, 7) is 6.58. The molecule has 2 aromatic rings. The minimum atomic E-state index is -3.44. The van der Waals surface area contributed by atoms with Crippen molar-refractivity contribution in [2.24, 2.45) is 0 Å². The summed E-state index contributed by atoms with van der Waals surface area (Å²) in [5, 5.41) is 0. The van der Waals surface area contributed by atoms with E-state index in [0.717, 1.165) is 0 Å². The fourth-order valence-electron chi connectivity index (χ4n) is 3.11. The maximum absolute atomic E-state index is 12.6. The zero-order valence-electron chi connectivity index (χ0n) is 13.4. The lowest BCUT2D eigenvalue weighted by Crippen LogP contribution is -2.49. The van der Waals surface area contributed by atoms with E-state index in [0.29, 0.717) is 26.2 Å². The second-order valence-corrected chi connectivity index (χ2v) is 7.76. The van der Waals surface area contributed by atoms with Crippen LogP contribution < -0.4 is 4.90 Å². The second-order valence-electron chi connectivity index (χ2n) is 5.82. The van der Waals surface area contributed by atoms with Gasteiger partial charge in [-0.2, -0.15) is 4.31 Å². The third-order valence-corrected chi connectivity index (χ3v) is 6.15. The van der Waals surface area contributed by atoms with Gasteiger partial charge in [0.15, 0.2) is 0 Å². The first kappa shape index (κ1) is 16.0. The molecule has 1 aliphatic heterocycles. The van der Waals surface area contributed by atoms with Crippen molar-refractivity contribution in [3.8, 4) is 0 Å². The summed E-state index contributed by atoms with van der Waals surface area (Å²) in [5.41, 5.74) is 3.69. The highest BCUT2D eigenvalue weighted by molar-refractivity contribution is 7.89. The summed E-state index contributed by atoms with van der Waals surface area (Å²) >= 11 is 0. The lowest BCUT2D eigenvalue weighted by molar-refractivity contribution is 0.384. The van der Waals surface area contributed by atoms with Crippen molar-refractivity contribution >= 4 is 15.7 Å². The highest BCUT2D eigenvalue weighted by Crippen LogP contribution is 2.26. The van der Waals surface area contributed by atoms with E-state index in [2.05, 4.69) is 41.9 Å². The molecular formula is C17H21N3O2S. The number of rotatable bonds is 3. The molecule has 0 atom stereocenters. The fraction of sp³-hybridized carbons (Fsp3) is 0.353. The number of aromatic nitrogens is 1. The number of pyridine rings is 1. The number of para-hydroxylation sites is 1. The molecule has 122 valence electrons. The van der Waals surface area contributed by atoms with Crippen molar-refractivity contribution in [1.82, 2.24) is 9.29 Å². The van der Waals surface area contributed by atoms with Gasteiger partial charge in [0.25, 0.3) is 0 Å². The van der Waals surface area contributed by atoms with E-state index in [9.17, 15) is 8.42 Å². The van der Waals surface area contributed by atoms with Gasteiger partial charge in [-0.25, -0.2) is 8.42 Å². The molecule has 23 heavy (non-hydrogen) atoms. The maximum Gasteiger partial charge on any atom is 0.244 e. The Morgan fingerprint density at radius 1 is 0.957 bits per heavy atom. The number of hydrogen-bond donors (Lipinski definition) is 0. The molecule has 6 heteroatoms. The molecule has 0 bridgehead atoms. The molecule has 0 unspecified atom stereocenters. The Bertz CT molecular complexity index is 762. The van der Waals surface area contributed by atoms with Gasteiger partial charge in [-0.3, -0.25) is 4.98 Å². The van der Waals surface area contributed by atoms with E-state index in [1.165, 1.54) is 23.0 Å². The zero-order chi connectivity index (χ0) is 16.4. The minimum Gasteiger partial charge on any atom is -0.368 e. The van der Waals surface area contributed by atoms with Crippen LogP contribution in [-0.4, -0.2) is 43.9 Å². The second kappa shape index (κ2) is 6.29. The lowest BCUT2D eigenvalue weighted by atomic mass is 10.1. The van der Waals surface area contributed by atoms with Crippen molar-refractivity contribution in [1.29, 1.82) is 0 Å². The smallest absolute Gasteiger partial charge is 0.244 e. The normalized spacial score (nSPS) is 16.5. The van der Waals surface area contributed by atoms with E-state index < -0.39 is 10.0 Å². The first-order valence-corrected chi connectivity index (χ1v) is 9.15. The van der Waals surface area contributed by atoms with Gasteiger partial charge in [0, 0.05) is 44.3 Å². The van der Waals surface area contributed by atoms with Crippen molar-refractivity contribution in [2.45, 2.75) is 18.7 Å². The fourth-order valence-corrected chi connectivity index (χ4v) is 4.49. The number of benzene rings is 1. The summed E-state index contributed by atoms with van der Waals surface area (Å²) in [5.74, 6) is 0. The Morgan fingerprint density at radius 2 is 1.61 bits per heavy atom. The molecule has 1 fully saturated rings. The molecule has 0 amide bonds. The van der Waals surface area contributed by atoms with Crippen molar-refractivity contribution in [2.75, 3.05) is 31.1 Å². The molecule has 0 spiro atoms. The lowest BCUT2D eigenvalue weighted by Gasteiger charge is -2.36. The van der Waals surface area contributed by atoms with E-state index in [1.807, 2.05) is 0 Å². The maximum atomic E-state index is 12.6. The van der Waals surface area contributed by atoms with Gasteiger partial charge >= 0.3 is 0 Å². The van der Waals surface area contributed by atoms with Gasteiger partial charge in [-0.05, 0) is 37.1 Å². The summed E-state index contributed by atoms with van der Waals surface area (Å²) in [6.07, 6.45) is 2.99. The topological polar surface area (TPSA) is 53.5 Å². The van der Waals surface area contributed by atoms with Crippen LogP contribution >= 0.6 is 0 Å². The van der Waals surface area contributed by atoms with Crippen molar-refractivity contribution in [3.63, 3.8) is 0 Å². The highest BCUT2D eigenvalue weighted by atomic mass is 32.2. The third-order valence-electron chi connectivity index (χ3n) is 4.27. The van der Waals surface area contributed by atoms with Crippen LogP contribution in [0.4, 0.5) is 5.69 Å². The highest BCUT2D eigenvalue weighted by Gasteiger charge is 2.29. The summed E-state index contributed by atoms with van der Waals surface area (Å²) in [4.78, 5) is 6.46. The number of piperazine rings is 1. The van der Waals surface area contributed by atoms with Gasteiger partial charge in [0.2, 0.25) is 10.0 Å². The SMILES string of the molecule is Cc1cccc(C)c1N1CCN(S(=O)(=O)c2cccnc2)CC1. The Hall–Kier alpha value is -1.92. The molecule has 1 aromatic heterocycles. The molecule has 0 saturated carbocycles. The number of sulfonamides is 1. The third kappa shape index (κ3) is 3.09. The van der Waals surface area contributed by atoms with Crippen LogP contribution in [-0.2, 0) is 10.0 Å². The quantitative estimate of drug-likeness (QED) is 0.865. The number of anilines is 1. The van der Waals surface area contributed by atoms with Gasteiger partial charge in [-0.1, -0.05) is 18.2 Å². The van der Waals surface area contributed by atoms with Crippen LogP contribution in [0.25, 0.3) is 0 Å². The first-order valence-electron chi connectivity index (χ1n) is 7.71. The van der Waals surface area contributed by atoms with Crippen molar-refractivity contribution < 1.29 is 8.42 Å². The minimum absolute atomic E-state index is 0.264.